The van der Waals surface area contributed by atoms with Crippen LogP contribution in [0.2, 0.25) is 0 Å². The van der Waals surface area contributed by atoms with Crippen molar-refractivity contribution in [3.05, 3.63) is 0 Å². The molecule has 3 N–H and O–H groups in total. The molecule has 0 aliphatic heterocycles. The Hall–Kier alpha value is -0.570. The molecule has 0 spiro atoms. The lowest BCUT2D eigenvalue weighted by atomic mass is 9.72. The molecule has 3 nitrogen and oxygen atoms in total. The molecule has 1 amide bonds. The van der Waals surface area contributed by atoms with Gasteiger partial charge in [0.05, 0.1) is 5.54 Å². The molecule has 3 heteroatoms. The van der Waals surface area contributed by atoms with Gasteiger partial charge in [-0.2, -0.15) is 0 Å². The van der Waals surface area contributed by atoms with Crippen LogP contribution in [-0.2, 0) is 4.79 Å². The van der Waals surface area contributed by atoms with Gasteiger partial charge in [0.25, 0.3) is 0 Å². The second kappa shape index (κ2) is 6.93. The standard InChI is InChI=1S/C17H32N2O/c1-13(2)14-9-11-17(12-10-14,16(18)20)19-15-7-5-3-4-6-8-15/h13-15,19H,3-12H2,1-2H3,(H2,18,20). The van der Waals surface area contributed by atoms with Crippen LogP contribution in [0.3, 0.4) is 0 Å². The first-order valence-corrected chi connectivity index (χ1v) is 8.61. The third kappa shape index (κ3) is 3.75. The average molecular weight is 280 g/mol. The molecule has 2 rings (SSSR count). The van der Waals surface area contributed by atoms with Crippen LogP contribution in [0.1, 0.15) is 78.1 Å². The first-order chi connectivity index (χ1) is 9.53. The van der Waals surface area contributed by atoms with Crippen LogP contribution in [0.15, 0.2) is 0 Å². The number of hydrogen-bond acceptors (Lipinski definition) is 2. The van der Waals surface area contributed by atoms with E-state index in [-0.39, 0.29) is 5.91 Å². The molecule has 0 saturated heterocycles. The maximum Gasteiger partial charge on any atom is 0.237 e. The number of primary amides is 1. The molecule has 0 aromatic heterocycles. The van der Waals surface area contributed by atoms with Gasteiger partial charge in [0.2, 0.25) is 5.91 Å². The third-order valence-electron chi connectivity index (χ3n) is 5.63. The van der Waals surface area contributed by atoms with E-state index in [1.165, 1.54) is 38.5 Å². The van der Waals surface area contributed by atoms with Crippen LogP contribution in [0.5, 0.6) is 0 Å². The normalized spacial score (nSPS) is 33.0. The van der Waals surface area contributed by atoms with Crippen LogP contribution in [-0.4, -0.2) is 17.5 Å². The van der Waals surface area contributed by atoms with Gasteiger partial charge in [0.1, 0.15) is 0 Å². The molecule has 116 valence electrons. The summed E-state index contributed by atoms with van der Waals surface area (Å²) in [5.74, 6) is 1.36. The van der Waals surface area contributed by atoms with E-state index in [9.17, 15) is 4.79 Å². The van der Waals surface area contributed by atoms with Crippen LogP contribution in [0, 0.1) is 11.8 Å². The monoisotopic (exact) mass is 280 g/mol. The highest BCUT2D eigenvalue weighted by Crippen LogP contribution is 2.36. The number of hydrogen-bond donors (Lipinski definition) is 2. The number of nitrogens with one attached hydrogen (secondary N) is 1. The Bertz CT molecular complexity index is 311. The summed E-state index contributed by atoms with van der Waals surface area (Å²) >= 11 is 0. The van der Waals surface area contributed by atoms with Gasteiger partial charge in [0, 0.05) is 6.04 Å². The molecule has 0 aromatic carbocycles. The lowest BCUT2D eigenvalue weighted by Gasteiger charge is -2.42. The van der Waals surface area contributed by atoms with E-state index in [4.69, 9.17) is 5.73 Å². The minimum Gasteiger partial charge on any atom is -0.368 e. The zero-order valence-corrected chi connectivity index (χ0v) is 13.3. The SMILES string of the molecule is CC(C)C1CCC(NC2CCCCCC2)(C(N)=O)CC1. The number of carbonyl (C=O) groups excluding carboxylic acids is 1. The van der Waals surface area contributed by atoms with Crippen molar-refractivity contribution < 1.29 is 4.79 Å². The van der Waals surface area contributed by atoms with Crippen molar-refractivity contribution in [3.8, 4) is 0 Å². The van der Waals surface area contributed by atoms with Crippen molar-refractivity contribution in [1.29, 1.82) is 0 Å². The van der Waals surface area contributed by atoms with Gasteiger partial charge < -0.3 is 11.1 Å². The van der Waals surface area contributed by atoms with Crippen molar-refractivity contribution in [2.45, 2.75) is 89.6 Å². The molecule has 2 fully saturated rings. The van der Waals surface area contributed by atoms with Gasteiger partial charge >= 0.3 is 0 Å². The Labute approximate surface area is 124 Å². The number of nitrogens with two attached hydrogens (primary N) is 1. The number of carbonyl (C=O) groups is 1. The minimum absolute atomic E-state index is 0.121. The molecule has 0 aromatic rings. The van der Waals surface area contributed by atoms with Gasteiger partial charge in [-0.3, -0.25) is 4.79 Å². The summed E-state index contributed by atoms with van der Waals surface area (Å²) in [6.07, 6.45) is 11.8. The van der Waals surface area contributed by atoms with Crippen molar-refractivity contribution in [1.82, 2.24) is 5.32 Å². The first-order valence-electron chi connectivity index (χ1n) is 8.61. The maximum absolute atomic E-state index is 12.1. The summed E-state index contributed by atoms with van der Waals surface area (Å²) in [4.78, 5) is 12.1. The van der Waals surface area contributed by atoms with Crippen molar-refractivity contribution >= 4 is 5.91 Å². The van der Waals surface area contributed by atoms with E-state index in [0.29, 0.717) is 6.04 Å². The molecule has 20 heavy (non-hydrogen) atoms. The highest BCUT2D eigenvalue weighted by atomic mass is 16.1. The Kier molecular flexibility index (Phi) is 5.48. The second-order valence-electron chi connectivity index (χ2n) is 7.36. The van der Waals surface area contributed by atoms with E-state index < -0.39 is 5.54 Å². The van der Waals surface area contributed by atoms with E-state index >= 15 is 0 Å². The summed E-state index contributed by atoms with van der Waals surface area (Å²) in [6.45, 7) is 4.58. The summed E-state index contributed by atoms with van der Waals surface area (Å²) in [7, 11) is 0. The molecule has 2 saturated carbocycles. The van der Waals surface area contributed by atoms with Crippen molar-refractivity contribution in [3.63, 3.8) is 0 Å². The highest BCUT2D eigenvalue weighted by molar-refractivity contribution is 5.84. The molecule has 0 heterocycles. The second-order valence-corrected chi connectivity index (χ2v) is 7.36. The zero-order chi connectivity index (χ0) is 14.6. The van der Waals surface area contributed by atoms with Crippen LogP contribution in [0.4, 0.5) is 0 Å². The van der Waals surface area contributed by atoms with E-state index in [0.717, 1.165) is 37.5 Å². The summed E-state index contributed by atoms with van der Waals surface area (Å²) in [6, 6.07) is 0.501. The fourth-order valence-corrected chi connectivity index (χ4v) is 4.08. The van der Waals surface area contributed by atoms with E-state index in [1.807, 2.05) is 0 Å². The molecule has 0 bridgehead atoms. The average Bonchev–Trinajstić information content (AvgIpc) is 2.67. The highest BCUT2D eigenvalue weighted by Gasteiger charge is 2.42. The topological polar surface area (TPSA) is 55.1 Å². The Balaban J connectivity index is 1.98. The van der Waals surface area contributed by atoms with Gasteiger partial charge in [0.15, 0.2) is 0 Å². The smallest absolute Gasteiger partial charge is 0.237 e. The maximum atomic E-state index is 12.1. The molecular weight excluding hydrogens is 248 g/mol. The summed E-state index contributed by atoms with van der Waals surface area (Å²) in [5, 5.41) is 3.70. The predicted molar refractivity (Wildman–Crippen MR) is 83.3 cm³/mol. The van der Waals surface area contributed by atoms with E-state index in [2.05, 4.69) is 19.2 Å². The van der Waals surface area contributed by atoms with Crippen LogP contribution >= 0.6 is 0 Å². The van der Waals surface area contributed by atoms with Crippen LogP contribution in [0.25, 0.3) is 0 Å². The largest absolute Gasteiger partial charge is 0.368 e. The molecule has 0 atom stereocenters. The Morgan fingerprint density at radius 1 is 1.05 bits per heavy atom. The number of amides is 1. The Morgan fingerprint density at radius 2 is 1.60 bits per heavy atom. The third-order valence-corrected chi connectivity index (χ3v) is 5.63. The zero-order valence-electron chi connectivity index (χ0n) is 13.3. The van der Waals surface area contributed by atoms with E-state index in [1.54, 1.807) is 0 Å². The Morgan fingerprint density at radius 3 is 2.05 bits per heavy atom. The van der Waals surface area contributed by atoms with Crippen molar-refractivity contribution in [2.75, 3.05) is 0 Å². The minimum atomic E-state index is -0.416. The first kappa shape index (κ1) is 15.8. The van der Waals surface area contributed by atoms with Gasteiger partial charge in [-0.25, -0.2) is 0 Å². The van der Waals surface area contributed by atoms with Crippen LogP contribution < -0.4 is 11.1 Å². The molecular formula is C17H32N2O. The molecule has 2 aliphatic carbocycles. The summed E-state index contributed by atoms with van der Waals surface area (Å²) in [5.41, 5.74) is 5.36. The fraction of sp³-hybridized carbons (Fsp3) is 0.941. The van der Waals surface area contributed by atoms with Crippen molar-refractivity contribution in [2.24, 2.45) is 17.6 Å². The number of rotatable bonds is 4. The van der Waals surface area contributed by atoms with Gasteiger partial charge in [-0.05, 0) is 50.4 Å². The molecule has 0 radical (unpaired) electrons. The molecule has 2 aliphatic rings. The van der Waals surface area contributed by atoms with Gasteiger partial charge in [-0.15, -0.1) is 0 Å². The lowest BCUT2D eigenvalue weighted by Crippen LogP contribution is -2.60. The van der Waals surface area contributed by atoms with Gasteiger partial charge in [-0.1, -0.05) is 39.5 Å². The summed E-state index contributed by atoms with van der Waals surface area (Å²) < 4.78 is 0. The predicted octanol–water partition coefficient (Wildman–Crippen LogP) is 3.37. The quantitative estimate of drug-likeness (QED) is 0.776. The molecule has 0 unspecified atom stereocenters. The lowest BCUT2D eigenvalue weighted by molar-refractivity contribution is -0.126. The fourth-order valence-electron chi connectivity index (χ4n) is 4.08.